The minimum atomic E-state index is 0.631. The molecule has 0 atom stereocenters. The molecule has 0 unspecified atom stereocenters. The number of ether oxygens (including phenoxy) is 1. The standard InChI is InChI=1S/C13H17BrClNO/c1-10(2)9-17-6-5-16-8-11-3-4-12(15)7-13(11)14/h3-4,7,16H,1,5-6,8-9H2,2H3. The van der Waals surface area contributed by atoms with Crippen molar-refractivity contribution in [1.82, 2.24) is 5.32 Å². The third kappa shape index (κ3) is 6.22. The first kappa shape index (κ1) is 14.7. The first-order chi connectivity index (χ1) is 8.09. The predicted octanol–water partition coefficient (Wildman–Crippen LogP) is 3.78. The van der Waals surface area contributed by atoms with Gasteiger partial charge >= 0.3 is 0 Å². The van der Waals surface area contributed by atoms with Gasteiger partial charge in [-0.05, 0) is 24.6 Å². The highest BCUT2D eigenvalue weighted by Crippen LogP contribution is 2.21. The third-order valence-corrected chi connectivity index (χ3v) is 3.08. The molecule has 0 aromatic heterocycles. The third-order valence-electron chi connectivity index (χ3n) is 2.10. The van der Waals surface area contributed by atoms with E-state index in [9.17, 15) is 0 Å². The van der Waals surface area contributed by atoms with Gasteiger partial charge in [0.1, 0.15) is 0 Å². The molecule has 0 spiro atoms. The van der Waals surface area contributed by atoms with Crippen molar-refractivity contribution in [3.05, 3.63) is 45.4 Å². The first-order valence-corrected chi connectivity index (χ1v) is 6.63. The van der Waals surface area contributed by atoms with E-state index in [0.717, 1.165) is 28.2 Å². The molecule has 1 aromatic rings. The second kappa shape index (κ2) is 7.88. The molecule has 17 heavy (non-hydrogen) atoms. The van der Waals surface area contributed by atoms with E-state index in [1.165, 1.54) is 5.56 Å². The van der Waals surface area contributed by atoms with E-state index in [1.807, 2.05) is 25.1 Å². The summed E-state index contributed by atoms with van der Waals surface area (Å²) in [5.74, 6) is 0. The van der Waals surface area contributed by atoms with Gasteiger partial charge in [-0.25, -0.2) is 0 Å². The number of hydrogen-bond acceptors (Lipinski definition) is 2. The van der Waals surface area contributed by atoms with Crippen molar-refractivity contribution in [2.24, 2.45) is 0 Å². The molecule has 0 amide bonds. The van der Waals surface area contributed by atoms with Crippen molar-refractivity contribution in [3.63, 3.8) is 0 Å². The Bertz CT molecular complexity index is 382. The lowest BCUT2D eigenvalue weighted by atomic mass is 10.2. The summed E-state index contributed by atoms with van der Waals surface area (Å²) in [4.78, 5) is 0. The van der Waals surface area contributed by atoms with E-state index in [2.05, 4.69) is 27.8 Å². The summed E-state index contributed by atoms with van der Waals surface area (Å²) in [5.41, 5.74) is 2.24. The van der Waals surface area contributed by atoms with Crippen LogP contribution in [0, 0.1) is 0 Å². The summed E-state index contributed by atoms with van der Waals surface area (Å²) >= 11 is 9.35. The molecule has 0 saturated heterocycles. The largest absolute Gasteiger partial charge is 0.376 e. The molecular weight excluding hydrogens is 302 g/mol. The number of benzene rings is 1. The smallest absolute Gasteiger partial charge is 0.0672 e. The van der Waals surface area contributed by atoms with E-state index in [0.29, 0.717) is 13.2 Å². The van der Waals surface area contributed by atoms with Gasteiger partial charge in [0.2, 0.25) is 0 Å². The van der Waals surface area contributed by atoms with Crippen molar-refractivity contribution in [2.75, 3.05) is 19.8 Å². The van der Waals surface area contributed by atoms with E-state index in [-0.39, 0.29) is 0 Å². The van der Waals surface area contributed by atoms with Crippen LogP contribution in [0.3, 0.4) is 0 Å². The minimum absolute atomic E-state index is 0.631. The highest BCUT2D eigenvalue weighted by molar-refractivity contribution is 9.10. The van der Waals surface area contributed by atoms with Gasteiger partial charge in [-0.15, -0.1) is 0 Å². The lowest BCUT2D eigenvalue weighted by molar-refractivity contribution is 0.157. The molecule has 2 nitrogen and oxygen atoms in total. The minimum Gasteiger partial charge on any atom is -0.376 e. The van der Waals surface area contributed by atoms with Crippen molar-refractivity contribution in [1.29, 1.82) is 0 Å². The zero-order valence-corrected chi connectivity index (χ0v) is 12.3. The SMILES string of the molecule is C=C(C)COCCNCc1ccc(Cl)cc1Br. The zero-order chi connectivity index (χ0) is 12.7. The Kier molecular flexibility index (Phi) is 6.82. The molecule has 0 aliphatic heterocycles. The van der Waals surface area contributed by atoms with E-state index < -0.39 is 0 Å². The summed E-state index contributed by atoms with van der Waals surface area (Å²) < 4.78 is 6.42. The molecule has 0 aliphatic carbocycles. The average molecular weight is 319 g/mol. The Labute approximate surface area is 116 Å². The number of hydrogen-bond donors (Lipinski definition) is 1. The summed E-state index contributed by atoms with van der Waals surface area (Å²) in [7, 11) is 0. The Morgan fingerprint density at radius 1 is 1.53 bits per heavy atom. The highest BCUT2D eigenvalue weighted by atomic mass is 79.9. The van der Waals surface area contributed by atoms with E-state index >= 15 is 0 Å². The van der Waals surface area contributed by atoms with Crippen molar-refractivity contribution in [2.45, 2.75) is 13.5 Å². The average Bonchev–Trinajstić information content (AvgIpc) is 2.25. The maximum Gasteiger partial charge on any atom is 0.0672 e. The van der Waals surface area contributed by atoms with Crippen LogP contribution in [-0.2, 0) is 11.3 Å². The fourth-order valence-electron chi connectivity index (χ4n) is 1.28. The normalized spacial score (nSPS) is 10.5. The van der Waals surface area contributed by atoms with Crippen LogP contribution in [0.15, 0.2) is 34.8 Å². The van der Waals surface area contributed by atoms with Crippen LogP contribution < -0.4 is 5.32 Å². The topological polar surface area (TPSA) is 21.3 Å². The zero-order valence-electron chi connectivity index (χ0n) is 9.93. The molecule has 1 rings (SSSR count). The van der Waals surface area contributed by atoms with Crippen LogP contribution in [0.1, 0.15) is 12.5 Å². The summed E-state index contributed by atoms with van der Waals surface area (Å²) in [6.07, 6.45) is 0. The molecule has 1 N–H and O–H groups in total. The lowest BCUT2D eigenvalue weighted by Gasteiger charge is -2.08. The number of halogens is 2. The maximum absolute atomic E-state index is 5.87. The molecule has 0 fully saturated rings. The molecule has 1 aromatic carbocycles. The van der Waals surface area contributed by atoms with Gasteiger partial charge in [-0.1, -0.05) is 45.7 Å². The van der Waals surface area contributed by atoms with Gasteiger partial charge in [0.05, 0.1) is 13.2 Å². The van der Waals surface area contributed by atoms with Gasteiger partial charge in [-0.2, -0.15) is 0 Å². The summed E-state index contributed by atoms with van der Waals surface area (Å²) in [6.45, 7) is 8.68. The fourth-order valence-corrected chi connectivity index (χ4v) is 2.10. The summed E-state index contributed by atoms with van der Waals surface area (Å²) in [6, 6.07) is 5.80. The van der Waals surface area contributed by atoms with Gasteiger partial charge in [0.15, 0.2) is 0 Å². The molecule has 0 bridgehead atoms. The monoisotopic (exact) mass is 317 g/mol. The van der Waals surface area contributed by atoms with Gasteiger partial charge < -0.3 is 10.1 Å². The highest BCUT2D eigenvalue weighted by Gasteiger charge is 1.99. The van der Waals surface area contributed by atoms with Crippen LogP contribution in [0.2, 0.25) is 5.02 Å². The number of rotatable bonds is 7. The van der Waals surface area contributed by atoms with Crippen LogP contribution in [-0.4, -0.2) is 19.8 Å². The lowest BCUT2D eigenvalue weighted by Crippen LogP contribution is -2.19. The Balaban J connectivity index is 2.20. The van der Waals surface area contributed by atoms with Crippen LogP contribution >= 0.6 is 27.5 Å². The first-order valence-electron chi connectivity index (χ1n) is 5.46. The molecule has 0 aliphatic rings. The second-order valence-electron chi connectivity index (χ2n) is 3.92. The van der Waals surface area contributed by atoms with Gasteiger partial charge in [0, 0.05) is 22.6 Å². The van der Waals surface area contributed by atoms with Gasteiger partial charge in [-0.3, -0.25) is 0 Å². The molecule has 94 valence electrons. The molecule has 0 heterocycles. The maximum atomic E-state index is 5.87. The Hall–Kier alpha value is -0.350. The van der Waals surface area contributed by atoms with E-state index in [1.54, 1.807) is 0 Å². The fraction of sp³-hybridized carbons (Fsp3) is 0.385. The van der Waals surface area contributed by atoms with Crippen molar-refractivity contribution in [3.8, 4) is 0 Å². The molecule has 0 radical (unpaired) electrons. The molecule has 0 saturated carbocycles. The Morgan fingerprint density at radius 3 is 2.94 bits per heavy atom. The quantitative estimate of drug-likeness (QED) is 0.610. The predicted molar refractivity (Wildman–Crippen MR) is 76.5 cm³/mol. The molecule has 4 heteroatoms. The van der Waals surface area contributed by atoms with Gasteiger partial charge in [0.25, 0.3) is 0 Å². The van der Waals surface area contributed by atoms with Crippen LogP contribution in [0.25, 0.3) is 0 Å². The Morgan fingerprint density at radius 2 is 2.29 bits per heavy atom. The number of nitrogens with one attached hydrogen (secondary N) is 1. The summed E-state index contributed by atoms with van der Waals surface area (Å²) in [5, 5.41) is 4.05. The van der Waals surface area contributed by atoms with Crippen LogP contribution in [0.5, 0.6) is 0 Å². The van der Waals surface area contributed by atoms with Crippen LogP contribution in [0.4, 0.5) is 0 Å². The second-order valence-corrected chi connectivity index (χ2v) is 5.21. The van der Waals surface area contributed by atoms with Crippen molar-refractivity contribution < 1.29 is 4.74 Å². The van der Waals surface area contributed by atoms with E-state index in [4.69, 9.17) is 16.3 Å². The van der Waals surface area contributed by atoms with Crippen molar-refractivity contribution >= 4 is 27.5 Å². The molecular formula is C13H17BrClNO.